The number of ether oxygens (including phenoxy) is 1. The number of hydrogen-bond acceptors (Lipinski definition) is 5. The third-order valence-corrected chi connectivity index (χ3v) is 6.23. The average Bonchev–Trinajstić information content (AvgIpc) is 3.38. The van der Waals surface area contributed by atoms with Crippen LogP contribution in [0.15, 0.2) is 41.4 Å². The number of anilines is 1. The molecule has 3 aliphatic heterocycles. The van der Waals surface area contributed by atoms with E-state index < -0.39 is 0 Å². The topological polar surface area (TPSA) is 63.7 Å². The van der Waals surface area contributed by atoms with Crippen molar-refractivity contribution in [2.45, 2.75) is 13.5 Å². The zero-order valence-electron chi connectivity index (χ0n) is 19.2. The van der Waals surface area contributed by atoms with Gasteiger partial charge in [-0.3, -0.25) is 9.69 Å². The smallest absolute Gasteiger partial charge is 0.236 e. The number of amides is 1. The van der Waals surface area contributed by atoms with Crippen molar-refractivity contribution in [2.24, 2.45) is 4.99 Å². The number of morpholine rings is 1. The molecule has 1 N–H and O–H groups in total. The van der Waals surface area contributed by atoms with Gasteiger partial charge in [-0.2, -0.15) is 0 Å². The molecule has 0 saturated carbocycles. The van der Waals surface area contributed by atoms with E-state index in [4.69, 9.17) is 9.73 Å². The van der Waals surface area contributed by atoms with Gasteiger partial charge in [-0.15, -0.1) is 0 Å². The number of hydrogen-bond donors (Lipinski definition) is 1. The molecule has 8 heteroatoms. The number of benzene rings is 1. The standard InChI is InChI=1S/C24H36N6O2/c1-2-25-24(26-19-21-6-5-7-22(18-21)28-8-3-4-9-28)30-12-10-27(11-13-30)20-23(31)29-14-16-32-17-15-29/h3-7,18H,2,8-17,19-20H2,1H3,(H,25,26). The van der Waals surface area contributed by atoms with Crippen molar-refractivity contribution in [3.8, 4) is 0 Å². The molecule has 1 amide bonds. The molecule has 8 nitrogen and oxygen atoms in total. The largest absolute Gasteiger partial charge is 0.378 e. The van der Waals surface area contributed by atoms with Gasteiger partial charge in [0.1, 0.15) is 0 Å². The number of rotatable bonds is 6. The van der Waals surface area contributed by atoms with E-state index in [9.17, 15) is 4.79 Å². The van der Waals surface area contributed by atoms with Crippen molar-refractivity contribution < 1.29 is 9.53 Å². The van der Waals surface area contributed by atoms with Crippen LogP contribution >= 0.6 is 0 Å². The van der Waals surface area contributed by atoms with E-state index in [1.807, 2.05) is 4.90 Å². The first-order chi connectivity index (χ1) is 15.7. The Bertz CT molecular complexity index is 804. The predicted octanol–water partition coefficient (Wildman–Crippen LogP) is 1.00. The molecule has 0 spiro atoms. The molecule has 0 unspecified atom stereocenters. The minimum absolute atomic E-state index is 0.218. The lowest BCUT2D eigenvalue weighted by Crippen LogP contribution is -2.54. The highest BCUT2D eigenvalue weighted by molar-refractivity contribution is 5.80. The van der Waals surface area contributed by atoms with E-state index in [0.29, 0.717) is 39.4 Å². The minimum atomic E-state index is 0.218. The highest BCUT2D eigenvalue weighted by atomic mass is 16.5. The quantitative estimate of drug-likeness (QED) is 0.405. The van der Waals surface area contributed by atoms with Gasteiger partial charge in [0.05, 0.1) is 26.3 Å². The van der Waals surface area contributed by atoms with Crippen molar-refractivity contribution in [3.05, 3.63) is 42.0 Å². The summed E-state index contributed by atoms with van der Waals surface area (Å²) in [7, 11) is 0. The van der Waals surface area contributed by atoms with Crippen LogP contribution in [-0.4, -0.2) is 105 Å². The van der Waals surface area contributed by atoms with E-state index >= 15 is 0 Å². The molecule has 174 valence electrons. The van der Waals surface area contributed by atoms with Gasteiger partial charge in [-0.1, -0.05) is 24.3 Å². The van der Waals surface area contributed by atoms with Crippen LogP contribution in [0.4, 0.5) is 5.69 Å². The number of piperazine rings is 1. The van der Waals surface area contributed by atoms with Crippen LogP contribution in [0.5, 0.6) is 0 Å². The van der Waals surface area contributed by atoms with Crippen molar-refractivity contribution in [1.82, 2.24) is 20.0 Å². The second-order valence-corrected chi connectivity index (χ2v) is 8.47. The third kappa shape index (κ3) is 6.01. The lowest BCUT2D eigenvalue weighted by Gasteiger charge is -2.37. The maximum Gasteiger partial charge on any atom is 0.236 e. The zero-order valence-corrected chi connectivity index (χ0v) is 19.2. The van der Waals surface area contributed by atoms with Crippen molar-refractivity contribution in [2.75, 3.05) is 83.6 Å². The number of carbonyl (C=O) groups excluding carboxylic acids is 1. The van der Waals surface area contributed by atoms with Gasteiger partial charge in [0.25, 0.3) is 0 Å². The maximum atomic E-state index is 12.5. The molecular weight excluding hydrogens is 404 g/mol. The first kappa shape index (κ1) is 22.6. The van der Waals surface area contributed by atoms with Gasteiger partial charge < -0.3 is 24.8 Å². The van der Waals surface area contributed by atoms with Crippen LogP contribution in [0, 0.1) is 0 Å². The summed E-state index contributed by atoms with van der Waals surface area (Å²) < 4.78 is 5.35. The lowest BCUT2D eigenvalue weighted by molar-refractivity contribution is -0.136. The summed E-state index contributed by atoms with van der Waals surface area (Å²) in [6.07, 6.45) is 4.42. The fourth-order valence-corrected chi connectivity index (χ4v) is 4.35. The Balaban J connectivity index is 1.30. The molecular formula is C24H36N6O2. The van der Waals surface area contributed by atoms with Gasteiger partial charge in [0.15, 0.2) is 5.96 Å². The molecule has 1 aromatic carbocycles. The number of nitrogens with zero attached hydrogens (tertiary/aromatic N) is 5. The molecule has 0 aliphatic carbocycles. The molecule has 2 saturated heterocycles. The first-order valence-electron chi connectivity index (χ1n) is 11.8. The lowest BCUT2D eigenvalue weighted by atomic mass is 10.2. The number of carbonyl (C=O) groups is 1. The highest BCUT2D eigenvalue weighted by Crippen LogP contribution is 2.19. The molecule has 0 atom stereocenters. The summed E-state index contributed by atoms with van der Waals surface area (Å²) in [4.78, 5) is 26.3. The van der Waals surface area contributed by atoms with Crippen molar-refractivity contribution >= 4 is 17.6 Å². The van der Waals surface area contributed by atoms with Gasteiger partial charge in [-0.25, -0.2) is 4.99 Å². The van der Waals surface area contributed by atoms with Gasteiger partial charge >= 0.3 is 0 Å². The van der Waals surface area contributed by atoms with E-state index in [1.54, 1.807) is 0 Å². The first-order valence-corrected chi connectivity index (χ1v) is 11.8. The fourth-order valence-electron chi connectivity index (χ4n) is 4.35. The van der Waals surface area contributed by atoms with E-state index in [0.717, 1.165) is 51.8 Å². The zero-order chi connectivity index (χ0) is 22.2. The third-order valence-electron chi connectivity index (χ3n) is 6.23. The second kappa shape index (κ2) is 11.3. The molecule has 1 aromatic rings. The molecule has 32 heavy (non-hydrogen) atoms. The van der Waals surface area contributed by atoms with Crippen molar-refractivity contribution in [1.29, 1.82) is 0 Å². The number of guanidine groups is 1. The Morgan fingerprint density at radius 3 is 2.50 bits per heavy atom. The Labute approximate surface area is 191 Å². The normalized spacial score (nSPS) is 20.2. The van der Waals surface area contributed by atoms with E-state index in [1.165, 1.54) is 11.3 Å². The molecule has 0 bridgehead atoms. The van der Waals surface area contributed by atoms with Crippen LogP contribution in [0.2, 0.25) is 0 Å². The van der Waals surface area contributed by atoms with Crippen LogP contribution in [0.1, 0.15) is 12.5 Å². The van der Waals surface area contributed by atoms with E-state index in [2.05, 4.69) is 63.4 Å². The van der Waals surface area contributed by atoms with Crippen LogP contribution in [0.25, 0.3) is 0 Å². The Hall–Kier alpha value is -2.58. The van der Waals surface area contributed by atoms with Crippen LogP contribution in [-0.2, 0) is 16.1 Å². The molecule has 0 aromatic heterocycles. The number of nitrogens with one attached hydrogen (secondary N) is 1. The summed E-state index contributed by atoms with van der Waals surface area (Å²) in [5.41, 5.74) is 2.48. The van der Waals surface area contributed by atoms with Crippen molar-refractivity contribution in [3.63, 3.8) is 0 Å². The molecule has 4 rings (SSSR count). The summed E-state index contributed by atoms with van der Waals surface area (Å²) in [6, 6.07) is 8.68. The molecule has 3 aliphatic rings. The van der Waals surface area contributed by atoms with E-state index in [-0.39, 0.29) is 5.91 Å². The monoisotopic (exact) mass is 440 g/mol. The summed E-state index contributed by atoms with van der Waals surface area (Å²) in [6.45, 7) is 12.3. The van der Waals surface area contributed by atoms with Gasteiger partial charge in [0.2, 0.25) is 5.91 Å². The van der Waals surface area contributed by atoms with Gasteiger partial charge in [-0.05, 0) is 24.6 Å². The molecule has 2 fully saturated rings. The van der Waals surface area contributed by atoms with Crippen LogP contribution in [0.3, 0.4) is 0 Å². The SMILES string of the molecule is CCNC(=NCc1cccc(N2CC=CC2)c1)N1CCN(CC(=O)N2CCOCC2)CC1. The Morgan fingerprint density at radius 1 is 1.03 bits per heavy atom. The second-order valence-electron chi connectivity index (χ2n) is 8.47. The molecule has 3 heterocycles. The summed E-state index contributed by atoms with van der Waals surface area (Å²) in [5, 5.41) is 3.45. The maximum absolute atomic E-state index is 12.5. The fraction of sp³-hybridized carbons (Fsp3) is 0.583. The predicted molar refractivity (Wildman–Crippen MR) is 128 cm³/mol. The van der Waals surface area contributed by atoms with Crippen LogP contribution < -0.4 is 10.2 Å². The number of aliphatic imine (C=N–C) groups is 1. The highest BCUT2D eigenvalue weighted by Gasteiger charge is 2.24. The Morgan fingerprint density at radius 2 is 1.78 bits per heavy atom. The average molecular weight is 441 g/mol. The van der Waals surface area contributed by atoms with Gasteiger partial charge in [0, 0.05) is 64.6 Å². The summed E-state index contributed by atoms with van der Waals surface area (Å²) >= 11 is 0. The minimum Gasteiger partial charge on any atom is -0.378 e. The molecule has 0 radical (unpaired) electrons. The Kier molecular flexibility index (Phi) is 8.01. The summed E-state index contributed by atoms with van der Waals surface area (Å²) in [5.74, 6) is 1.18.